The Kier molecular flexibility index (Phi) is 29.8. The van der Waals surface area contributed by atoms with Crippen molar-refractivity contribution in [2.45, 2.75) is 134 Å². The van der Waals surface area contributed by atoms with Crippen molar-refractivity contribution >= 4 is 21.6 Å². The predicted octanol–water partition coefficient (Wildman–Crippen LogP) is 15.1. The van der Waals surface area contributed by atoms with Crippen molar-refractivity contribution in [2.24, 2.45) is 0 Å². The molecule has 0 aliphatic carbocycles. The summed E-state index contributed by atoms with van der Waals surface area (Å²) in [7, 11) is -8.81. The molecule has 0 spiro atoms. The van der Waals surface area contributed by atoms with E-state index in [1.54, 1.807) is 0 Å². The zero-order chi connectivity index (χ0) is 44.9. The summed E-state index contributed by atoms with van der Waals surface area (Å²) in [5.41, 5.74) is 9.47. The number of carbonyl (C=O) groups is 1. The predicted molar refractivity (Wildman–Crippen MR) is 245 cm³/mol. The Balaban J connectivity index is 0.00000290. The largest absolute Gasteiger partial charge is 0.508 e. The van der Waals surface area contributed by atoms with E-state index in [0.717, 1.165) is 73.7 Å². The Hall–Kier alpha value is -3.33. The number of allylic oxidation sites excluding steroid dienone is 12. The quantitative estimate of drug-likeness (QED) is 0.0649. The van der Waals surface area contributed by atoms with Gasteiger partial charge in [0.1, 0.15) is 5.75 Å². The summed E-state index contributed by atoms with van der Waals surface area (Å²) in [5.74, 6) is -0.912. The summed E-state index contributed by atoms with van der Waals surface area (Å²) in [6.45, 7) is 24.3. The highest BCUT2D eigenvalue weighted by atomic mass is 31.3. The molecule has 0 heterocycles. The van der Waals surface area contributed by atoms with Crippen LogP contribution in [0.4, 0.5) is 0 Å². The van der Waals surface area contributed by atoms with Gasteiger partial charge >= 0.3 is 21.6 Å². The van der Waals surface area contributed by atoms with E-state index in [9.17, 15) is 13.9 Å². The number of aromatic hydroxyl groups is 1. The number of benzene rings is 1. The van der Waals surface area contributed by atoms with Crippen molar-refractivity contribution < 1.29 is 46.5 Å². The number of phenols is 1. The average molecular weight is 861 g/mol. The van der Waals surface area contributed by atoms with Crippen LogP contribution in [0.3, 0.4) is 0 Å². The first-order valence-electron chi connectivity index (χ1n) is 20.3. The van der Waals surface area contributed by atoms with Gasteiger partial charge in [-0.1, -0.05) is 93.2 Å². The molecule has 2 N–H and O–H groups in total. The molecule has 0 bridgehead atoms. The van der Waals surface area contributed by atoms with Gasteiger partial charge in [-0.05, 0) is 159 Å². The van der Waals surface area contributed by atoms with Gasteiger partial charge < -0.3 is 10.2 Å². The maximum absolute atomic E-state index is 14.1. The number of aromatic carboxylic acids is 1. The number of carboxylic acid groups (broad SMARTS) is 1. The van der Waals surface area contributed by atoms with Crippen LogP contribution < -0.4 is 0 Å². The van der Waals surface area contributed by atoms with Crippen LogP contribution in [0.15, 0.2) is 117 Å². The molecule has 0 aromatic heterocycles. The summed E-state index contributed by atoms with van der Waals surface area (Å²) in [5, 5.41) is 17.1. The number of phenolic OH excluding ortho intramolecular Hbond substituents is 1. The van der Waals surface area contributed by atoms with Crippen molar-refractivity contribution in [3.05, 3.63) is 123 Å². The van der Waals surface area contributed by atoms with E-state index < -0.39 is 21.6 Å². The molecule has 0 aliphatic heterocycles. The van der Waals surface area contributed by atoms with E-state index in [4.69, 9.17) is 32.6 Å². The van der Waals surface area contributed by atoms with E-state index in [2.05, 4.69) is 79.7 Å². The van der Waals surface area contributed by atoms with Crippen LogP contribution in [0.25, 0.3) is 0 Å². The third-order valence-electron chi connectivity index (χ3n) is 8.34. The lowest BCUT2D eigenvalue weighted by molar-refractivity contribution is 0.0696. The molecule has 10 nitrogen and oxygen atoms in total. The third-order valence-corrected chi connectivity index (χ3v) is 11.8. The highest BCUT2D eigenvalue weighted by Crippen LogP contribution is 2.66. The second-order valence-corrected chi connectivity index (χ2v) is 19.0. The molecular weight excluding hydrogens is 786 g/mol. The molecule has 0 unspecified atom stereocenters. The molecular formula is C47H74O10P2. The minimum absolute atomic E-state index is 0.0477. The smallest absolute Gasteiger partial charge is 0.484 e. The molecule has 332 valence electrons. The van der Waals surface area contributed by atoms with Crippen LogP contribution in [0.5, 0.6) is 5.75 Å². The summed E-state index contributed by atoms with van der Waals surface area (Å²) in [6, 6.07) is 5.36. The Bertz CT molecular complexity index is 1550. The van der Waals surface area contributed by atoms with Gasteiger partial charge in [0.2, 0.25) is 0 Å². The minimum Gasteiger partial charge on any atom is -0.508 e. The Morgan fingerprint density at radius 2 is 0.729 bits per heavy atom. The second-order valence-electron chi connectivity index (χ2n) is 15.5. The fraction of sp³-hybridized carbons (Fsp3) is 0.511. The Morgan fingerprint density at radius 3 is 0.949 bits per heavy atom. The Labute approximate surface area is 356 Å². The van der Waals surface area contributed by atoms with Gasteiger partial charge in [-0.25, -0.2) is 13.9 Å². The molecule has 1 aromatic rings. The summed E-state index contributed by atoms with van der Waals surface area (Å²) < 4.78 is 56.7. The van der Waals surface area contributed by atoms with E-state index in [0.29, 0.717) is 0 Å². The lowest BCUT2D eigenvalue weighted by Gasteiger charge is -2.22. The molecule has 0 atom stereocenters. The maximum atomic E-state index is 14.1. The second kappa shape index (κ2) is 31.5. The highest BCUT2D eigenvalue weighted by molar-refractivity contribution is 7.62. The first-order chi connectivity index (χ1) is 27.6. The zero-order valence-electron chi connectivity index (χ0n) is 38.0. The average Bonchev–Trinajstić information content (AvgIpc) is 3.11. The molecule has 0 amide bonds. The molecule has 0 fully saturated rings. The van der Waals surface area contributed by atoms with Crippen LogP contribution >= 0.6 is 15.6 Å². The Morgan fingerprint density at radius 1 is 0.475 bits per heavy atom. The first kappa shape index (κ1) is 55.7. The van der Waals surface area contributed by atoms with Crippen molar-refractivity contribution in [1.82, 2.24) is 0 Å². The topological polar surface area (TPSA) is 138 Å². The summed E-state index contributed by atoms with van der Waals surface area (Å²) in [6.07, 6.45) is 22.9. The molecule has 0 radical (unpaired) electrons. The van der Waals surface area contributed by atoms with Crippen LogP contribution in [-0.4, -0.2) is 42.6 Å². The van der Waals surface area contributed by atoms with Gasteiger partial charge in [-0.15, -0.1) is 0 Å². The van der Waals surface area contributed by atoms with E-state index in [-0.39, 0.29) is 37.7 Å². The van der Waals surface area contributed by atoms with Gasteiger partial charge in [0.05, 0.1) is 32.0 Å². The molecule has 59 heavy (non-hydrogen) atoms. The first-order valence-corrected chi connectivity index (χ1v) is 23.2. The van der Waals surface area contributed by atoms with E-state index in [1.807, 2.05) is 52.0 Å². The monoisotopic (exact) mass is 860 g/mol. The van der Waals surface area contributed by atoms with E-state index >= 15 is 0 Å². The van der Waals surface area contributed by atoms with Crippen LogP contribution in [-0.2, 0) is 31.5 Å². The molecule has 12 heteroatoms. The zero-order valence-corrected chi connectivity index (χ0v) is 39.8. The van der Waals surface area contributed by atoms with Gasteiger partial charge in [0.15, 0.2) is 0 Å². The van der Waals surface area contributed by atoms with Gasteiger partial charge in [0.25, 0.3) is 0 Å². The number of phosphoric acid groups is 2. The fourth-order valence-electron chi connectivity index (χ4n) is 4.74. The molecule has 0 aliphatic rings. The van der Waals surface area contributed by atoms with E-state index in [1.165, 1.54) is 46.6 Å². The molecule has 0 saturated heterocycles. The fourth-order valence-corrected chi connectivity index (χ4v) is 7.65. The maximum Gasteiger partial charge on any atom is 0.484 e. The van der Waals surface area contributed by atoms with Gasteiger partial charge in [-0.2, -0.15) is 4.31 Å². The number of carboxylic acids is 1. The molecule has 0 saturated carbocycles. The number of rotatable bonds is 27. The number of hydrogen-bond donors (Lipinski definition) is 2. The third kappa shape index (κ3) is 32.2. The van der Waals surface area contributed by atoms with Crippen LogP contribution in [0, 0.1) is 0 Å². The number of phosphoric ester groups is 2. The molecule has 1 rings (SSSR count). The SMILES string of the molecule is CC(C)=CCC/C(C)=C/COP(=O)(OC/C=C(\C)CCC=C(C)C)OP(=O)(OC/C=C(\C)CCC=C(C)C)OC/C=C(\C)CCC=C(C)C.O=C(O)c1ccc(O)cc1. The molecule has 1 aromatic carbocycles. The highest BCUT2D eigenvalue weighted by Gasteiger charge is 2.40. The van der Waals surface area contributed by atoms with Gasteiger partial charge in [0, 0.05) is 0 Å². The van der Waals surface area contributed by atoms with Crippen molar-refractivity contribution in [3.8, 4) is 5.75 Å². The van der Waals surface area contributed by atoms with Gasteiger partial charge in [-0.3, -0.25) is 18.1 Å². The minimum atomic E-state index is -4.40. The number of hydrogen-bond acceptors (Lipinski definition) is 9. The summed E-state index contributed by atoms with van der Waals surface area (Å²) in [4.78, 5) is 10.2. The lowest BCUT2D eigenvalue weighted by Crippen LogP contribution is -2.05. The van der Waals surface area contributed by atoms with Crippen LogP contribution in [0.1, 0.15) is 145 Å². The normalized spacial score (nSPS) is 13.4. The summed E-state index contributed by atoms with van der Waals surface area (Å²) >= 11 is 0. The van der Waals surface area contributed by atoms with Crippen molar-refractivity contribution in [3.63, 3.8) is 0 Å². The van der Waals surface area contributed by atoms with Crippen molar-refractivity contribution in [1.29, 1.82) is 0 Å². The standard InChI is InChI=1S/C40H68O7P2.C7H6O3/c1-33(2)17-13-21-37(9)25-29-43-48(41,44-30-26-38(10)22-14-18-34(3)4)47-49(42,45-31-27-39(11)23-15-19-35(5)6)46-32-28-40(12)24-16-20-36(7)8;8-6-3-1-5(2-4-6)7(9)10/h17-20,25-28H,13-16,21-24,29-32H2,1-12H3;1-4,8H,(H,9,10)/b37-25+,38-26+,39-27+,40-28+;. The van der Waals surface area contributed by atoms with Crippen LogP contribution in [0.2, 0.25) is 0 Å². The van der Waals surface area contributed by atoms with Crippen molar-refractivity contribution in [2.75, 3.05) is 26.4 Å². The lowest BCUT2D eigenvalue weighted by atomic mass is 10.1.